The summed E-state index contributed by atoms with van der Waals surface area (Å²) in [5.41, 5.74) is 1.45. The van der Waals surface area contributed by atoms with Crippen LogP contribution >= 0.6 is 0 Å². The Morgan fingerprint density at radius 2 is 1.74 bits per heavy atom. The standard InChI is InChI=1S/C27H33FN2O4/c1-33-24-12-11-19(14-25(24)34-2)21-13-22(17-30(16-21)27(32)18-7-3-4-8-18)26(31)29-15-20-9-5-6-10-23(20)28/h5-6,9-12,14,18,21-22H,3-4,7-8,13,15-17H2,1-2H3,(H,29,31). The number of nitrogens with one attached hydrogen (secondary N) is 1. The molecular formula is C27H33FN2O4. The fourth-order valence-electron chi connectivity index (χ4n) is 5.22. The Balaban J connectivity index is 1.53. The molecule has 2 aromatic carbocycles. The van der Waals surface area contributed by atoms with E-state index in [1.807, 2.05) is 23.1 Å². The highest BCUT2D eigenvalue weighted by atomic mass is 19.1. The van der Waals surface area contributed by atoms with Crippen molar-refractivity contribution in [2.45, 2.75) is 44.6 Å². The SMILES string of the molecule is COc1ccc(C2CC(C(=O)NCc3ccccc3F)CN(C(=O)C3CCCC3)C2)cc1OC. The molecule has 1 saturated heterocycles. The van der Waals surface area contributed by atoms with Crippen LogP contribution in [0.1, 0.15) is 49.1 Å². The van der Waals surface area contributed by atoms with Gasteiger partial charge in [-0.1, -0.05) is 37.1 Å². The lowest BCUT2D eigenvalue weighted by atomic mass is 9.83. The first-order valence-electron chi connectivity index (χ1n) is 12.0. The van der Waals surface area contributed by atoms with Gasteiger partial charge in [0.25, 0.3) is 0 Å². The van der Waals surface area contributed by atoms with Gasteiger partial charge in [0.05, 0.1) is 20.1 Å². The molecule has 0 aromatic heterocycles. The molecule has 1 saturated carbocycles. The van der Waals surface area contributed by atoms with E-state index in [9.17, 15) is 14.0 Å². The van der Waals surface area contributed by atoms with Crippen LogP contribution in [0.15, 0.2) is 42.5 Å². The first-order chi connectivity index (χ1) is 16.5. The molecule has 4 rings (SSSR count). The Morgan fingerprint density at radius 3 is 2.44 bits per heavy atom. The summed E-state index contributed by atoms with van der Waals surface area (Å²) in [7, 11) is 3.19. The van der Waals surface area contributed by atoms with Gasteiger partial charge in [-0.2, -0.15) is 0 Å². The monoisotopic (exact) mass is 468 g/mol. The molecule has 2 aromatic rings. The molecule has 2 atom stereocenters. The molecule has 1 aliphatic carbocycles. The Bertz CT molecular complexity index is 1020. The predicted octanol–water partition coefficient (Wildman–Crippen LogP) is 4.28. The van der Waals surface area contributed by atoms with Crippen molar-refractivity contribution in [1.29, 1.82) is 0 Å². The fraction of sp³-hybridized carbons (Fsp3) is 0.481. The molecule has 34 heavy (non-hydrogen) atoms. The summed E-state index contributed by atoms with van der Waals surface area (Å²) in [6.07, 6.45) is 4.60. The first-order valence-corrected chi connectivity index (χ1v) is 12.0. The Hall–Kier alpha value is -3.09. The summed E-state index contributed by atoms with van der Waals surface area (Å²) in [6, 6.07) is 12.2. The molecule has 0 radical (unpaired) electrons. The minimum Gasteiger partial charge on any atom is -0.493 e. The summed E-state index contributed by atoms with van der Waals surface area (Å²) in [5, 5.41) is 2.89. The van der Waals surface area contributed by atoms with Crippen LogP contribution in [0.25, 0.3) is 0 Å². The quantitative estimate of drug-likeness (QED) is 0.659. The largest absolute Gasteiger partial charge is 0.493 e. The van der Waals surface area contributed by atoms with Crippen LogP contribution in [0.3, 0.4) is 0 Å². The number of hydrogen-bond acceptors (Lipinski definition) is 4. The maximum atomic E-state index is 14.0. The number of hydrogen-bond donors (Lipinski definition) is 1. The maximum Gasteiger partial charge on any atom is 0.225 e. The van der Waals surface area contributed by atoms with Gasteiger partial charge in [-0.3, -0.25) is 9.59 Å². The number of nitrogens with zero attached hydrogens (tertiary/aromatic N) is 1. The minimum absolute atomic E-state index is 0.0110. The van der Waals surface area contributed by atoms with Crippen LogP contribution in [0.4, 0.5) is 4.39 Å². The van der Waals surface area contributed by atoms with Gasteiger partial charge in [0, 0.05) is 37.0 Å². The second-order valence-electron chi connectivity index (χ2n) is 9.28. The summed E-state index contributed by atoms with van der Waals surface area (Å²) < 4.78 is 24.9. The van der Waals surface area contributed by atoms with E-state index in [-0.39, 0.29) is 41.9 Å². The van der Waals surface area contributed by atoms with Crippen molar-refractivity contribution in [3.05, 3.63) is 59.4 Å². The molecule has 7 heteroatoms. The fourth-order valence-corrected chi connectivity index (χ4v) is 5.22. The zero-order valence-corrected chi connectivity index (χ0v) is 19.9. The average molecular weight is 469 g/mol. The highest BCUT2D eigenvalue weighted by Crippen LogP contribution is 2.37. The Labute approximate surface area is 200 Å². The lowest BCUT2D eigenvalue weighted by Crippen LogP contribution is -2.49. The molecule has 1 aliphatic heterocycles. The van der Waals surface area contributed by atoms with Crippen LogP contribution in [0.5, 0.6) is 11.5 Å². The van der Waals surface area contributed by atoms with E-state index in [0.29, 0.717) is 36.6 Å². The number of piperidine rings is 1. The summed E-state index contributed by atoms with van der Waals surface area (Å²) in [6.45, 7) is 1.09. The molecule has 182 valence electrons. The highest BCUT2D eigenvalue weighted by molar-refractivity contribution is 5.82. The van der Waals surface area contributed by atoms with Crippen LogP contribution in [0, 0.1) is 17.7 Å². The van der Waals surface area contributed by atoms with Gasteiger partial charge in [-0.25, -0.2) is 4.39 Å². The topological polar surface area (TPSA) is 67.9 Å². The number of benzene rings is 2. The molecule has 2 amide bonds. The third-order valence-electron chi connectivity index (χ3n) is 7.13. The molecule has 2 unspecified atom stereocenters. The van der Waals surface area contributed by atoms with Crippen molar-refractivity contribution < 1.29 is 23.5 Å². The molecule has 1 N–H and O–H groups in total. The van der Waals surface area contributed by atoms with Gasteiger partial charge < -0.3 is 19.7 Å². The highest BCUT2D eigenvalue weighted by Gasteiger charge is 2.37. The van der Waals surface area contributed by atoms with Gasteiger partial charge in [0.2, 0.25) is 11.8 Å². The van der Waals surface area contributed by atoms with E-state index in [2.05, 4.69) is 5.32 Å². The third kappa shape index (κ3) is 5.34. The van der Waals surface area contributed by atoms with Crippen molar-refractivity contribution in [2.75, 3.05) is 27.3 Å². The Kier molecular flexibility index (Phi) is 7.70. The van der Waals surface area contributed by atoms with E-state index in [1.165, 1.54) is 6.07 Å². The van der Waals surface area contributed by atoms with Gasteiger partial charge in [-0.05, 0) is 43.0 Å². The third-order valence-corrected chi connectivity index (χ3v) is 7.13. The number of methoxy groups -OCH3 is 2. The molecule has 6 nitrogen and oxygen atoms in total. The van der Waals surface area contributed by atoms with Gasteiger partial charge in [0.1, 0.15) is 5.82 Å². The minimum atomic E-state index is -0.371. The van der Waals surface area contributed by atoms with Gasteiger partial charge in [0.15, 0.2) is 11.5 Å². The molecule has 2 aliphatic rings. The average Bonchev–Trinajstić information content (AvgIpc) is 3.42. The smallest absolute Gasteiger partial charge is 0.225 e. The zero-order chi connectivity index (χ0) is 24.1. The molecule has 0 bridgehead atoms. The van der Waals surface area contributed by atoms with E-state index in [4.69, 9.17) is 9.47 Å². The van der Waals surface area contributed by atoms with Crippen molar-refractivity contribution in [3.63, 3.8) is 0 Å². The number of carbonyl (C=O) groups excluding carboxylic acids is 2. The Morgan fingerprint density at radius 1 is 1.00 bits per heavy atom. The van der Waals surface area contributed by atoms with Crippen LogP contribution < -0.4 is 14.8 Å². The van der Waals surface area contributed by atoms with E-state index in [1.54, 1.807) is 32.4 Å². The molecular weight excluding hydrogens is 435 g/mol. The number of carbonyl (C=O) groups is 2. The van der Waals surface area contributed by atoms with Crippen molar-refractivity contribution in [2.24, 2.45) is 11.8 Å². The first kappa shape index (κ1) is 24.0. The predicted molar refractivity (Wildman–Crippen MR) is 127 cm³/mol. The van der Waals surface area contributed by atoms with Gasteiger partial charge in [-0.15, -0.1) is 0 Å². The number of likely N-dealkylation sites (tertiary alicyclic amines) is 1. The zero-order valence-electron chi connectivity index (χ0n) is 19.9. The summed E-state index contributed by atoms with van der Waals surface area (Å²) in [4.78, 5) is 28.3. The van der Waals surface area contributed by atoms with Crippen molar-refractivity contribution in [3.8, 4) is 11.5 Å². The molecule has 0 spiro atoms. The van der Waals surface area contributed by atoms with Crippen molar-refractivity contribution in [1.82, 2.24) is 10.2 Å². The lowest BCUT2D eigenvalue weighted by molar-refractivity contribution is -0.139. The molecule has 2 fully saturated rings. The number of rotatable bonds is 7. The van der Waals surface area contributed by atoms with Crippen LogP contribution in [-0.2, 0) is 16.1 Å². The van der Waals surface area contributed by atoms with Crippen LogP contribution in [0.2, 0.25) is 0 Å². The van der Waals surface area contributed by atoms with Crippen molar-refractivity contribution >= 4 is 11.8 Å². The van der Waals surface area contributed by atoms with E-state index in [0.717, 1.165) is 31.2 Å². The number of amides is 2. The van der Waals surface area contributed by atoms with E-state index < -0.39 is 0 Å². The van der Waals surface area contributed by atoms with Gasteiger partial charge >= 0.3 is 0 Å². The number of ether oxygens (including phenoxy) is 2. The van der Waals surface area contributed by atoms with E-state index >= 15 is 0 Å². The second kappa shape index (κ2) is 10.9. The summed E-state index contributed by atoms with van der Waals surface area (Å²) >= 11 is 0. The molecule has 1 heterocycles. The second-order valence-corrected chi connectivity index (χ2v) is 9.28. The normalized spacial score (nSPS) is 20.7. The number of halogens is 1. The summed E-state index contributed by atoms with van der Waals surface area (Å²) in [5.74, 6) is 0.582. The lowest BCUT2D eigenvalue weighted by Gasteiger charge is -2.38. The van der Waals surface area contributed by atoms with Crippen LogP contribution in [-0.4, -0.2) is 44.0 Å². The maximum absolute atomic E-state index is 14.0.